The minimum absolute atomic E-state index is 0.211. The average molecular weight is 248 g/mol. The van der Waals surface area contributed by atoms with Gasteiger partial charge < -0.3 is 10.1 Å². The summed E-state index contributed by atoms with van der Waals surface area (Å²) in [6.45, 7) is 1.67. The van der Waals surface area contributed by atoms with Crippen LogP contribution in [0.1, 0.15) is 15.9 Å². The number of halogens is 1. The number of carboxylic acids is 1. The fourth-order valence-corrected chi connectivity index (χ4v) is 1.58. The number of hydrogen-bond acceptors (Lipinski definition) is 3. The first-order chi connectivity index (χ1) is 8.49. The van der Waals surface area contributed by atoms with E-state index in [2.05, 4.69) is 9.97 Å². The Labute approximate surface area is 101 Å². The van der Waals surface area contributed by atoms with E-state index < -0.39 is 17.1 Å². The van der Waals surface area contributed by atoms with E-state index in [0.717, 1.165) is 6.20 Å². The molecule has 92 valence electrons. The van der Waals surface area contributed by atoms with E-state index in [0.29, 0.717) is 11.1 Å². The molecule has 0 amide bonds. The lowest BCUT2D eigenvalue weighted by atomic mass is 10.1. The number of aromatic carboxylic acids is 1. The summed E-state index contributed by atoms with van der Waals surface area (Å²) in [7, 11) is 0. The maximum atomic E-state index is 12.9. The minimum atomic E-state index is -1.34. The number of aromatic nitrogens is 2. The van der Waals surface area contributed by atoms with E-state index in [9.17, 15) is 14.0 Å². The molecule has 6 heteroatoms. The highest BCUT2D eigenvalue weighted by Crippen LogP contribution is 2.19. The summed E-state index contributed by atoms with van der Waals surface area (Å²) in [4.78, 5) is 28.4. The molecule has 0 radical (unpaired) electrons. The molecule has 0 saturated heterocycles. The van der Waals surface area contributed by atoms with Crippen molar-refractivity contribution < 1.29 is 14.3 Å². The monoisotopic (exact) mass is 248 g/mol. The van der Waals surface area contributed by atoms with Crippen LogP contribution in [-0.2, 0) is 0 Å². The lowest BCUT2D eigenvalue weighted by Crippen LogP contribution is -2.18. The van der Waals surface area contributed by atoms with E-state index in [-0.39, 0.29) is 11.6 Å². The number of nitrogens with zero attached hydrogens (tertiary/aromatic N) is 1. The highest BCUT2D eigenvalue weighted by molar-refractivity contribution is 5.86. The number of nitrogens with one attached hydrogen (secondary N) is 1. The smallest absolute Gasteiger partial charge is 0.342 e. The summed E-state index contributed by atoms with van der Waals surface area (Å²) < 4.78 is 12.9. The van der Waals surface area contributed by atoms with Crippen LogP contribution in [0.25, 0.3) is 11.4 Å². The third-order valence-corrected chi connectivity index (χ3v) is 2.47. The molecular formula is C12H9FN2O3. The third-order valence-electron chi connectivity index (χ3n) is 2.47. The summed E-state index contributed by atoms with van der Waals surface area (Å²) in [5, 5.41) is 8.71. The predicted molar refractivity (Wildman–Crippen MR) is 61.9 cm³/mol. The van der Waals surface area contributed by atoms with Gasteiger partial charge in [0.15, 0.2) is 0 Å². The van der Waals surface area contributed by atoms with Gasteiger partial charge in [-0.15, -0.1) is 0 Å². The van der Waals surface area contributed by atoms with Gasteiger partial charge in [0.1, 0.15) is 17.2 Å². The largest absolute Gasteiger partial charge is 0.477 e. The van der Waals surface area contributed by atoms with Crippen molar-refractivity contribution in [2.75, 3.05) is 0 Å². The van der Waals surface area contributed by atoms with Crippen LogP contribution < -0.4 is 5.56 Å². The second-order valence-electron chi connectivity index (χ2n) is 3.74. The molecule has 1 heterocycles. The molecule has 18 heavy (non-hydrogen) atoms. The molecule has 1 aromatic heterocycles. The zero-order chi connectivity index (χ0) is 13.3. The first kappa shape index (κ1) is 12.0. The maximum Gasteiger partial charge on any atom is 0.342 e. The van der Waals surface area contributed by atoms with Gasteiger partial charge in [-0.3, -0.25) is 4.79 Å². The molecule has 0 spiro atoms. The number of aromatic amines is 1. The van der Waals surface area contributed by atoms with Crippen LogP contribution in [0.4, 0.5) is 4.39 Å². The molecule has 2 N–H and O–H groups in total. The first-order valence-corrected chi connectivity index (χ1v) is 5.08. The average Bonchev–Trinajstić information content (AvgIpc) is 2.28. The Morgan fingerprint density at radius 3 is 2.72 bits per heavy atom. The van der Waals surface area contributed by atoms with Gasteiger partial charge in [0.2, 0.25) is 0 Å². The maximum absolute atomic E-state index is 12.9. The van der Waals surface area contributed by atoms with Crippen molar-refractivity contribution in [1.82, 2.24) is 9.97 Å². The molecule has 0 fully saturated rings. The first-order valence-electron chi connectivity index (χ1n) is 5.08. The SMILES string of the molecule is Cc1cc(F)ccc1-c1ncc(C(=O)O)c(=O)[nH]1. The zero-order valence-corrected chi connectivity index (χ0v) is 9.40. The van der Waals surface area contributed by atoms with Crippen LogP contribution in [0, 0.1) is 12.7 Å². The van der Waals surface area contributed by atoms with E-state index in [1.54, 1.807) is 6.92 Å². The quantitative estimate of drug-likeness (QED) is 0.845. The van der Waals surface area contributed by atoms with Crippen LogP contribution in [0.5, 0.6) is 0 Å². The molecule has 0 atom stereocenters. The predicted octanol–water partition coefficient (Wildman–Crippen LogP) is 1.58. The zero-order valence-electron chi connectivity index (χ0n) is 9.40. The molecule has 0 unspecified atom stereocenters. The molecule has 0 aliphatic heterocycles. The fraction of sp³-hybridized carbons (Fsp3) is 0.0833. The second kappa shape index (κ2) is 4.40. The standard InChI is InChI=1S/C12H9FN2O3/c1-6-4-7(13)2-3-8(6)10-14-5-9(12(17)18)11(16)15-10/h2-5H,1H3,(H,17,18)(H,14,15,16). The number of hydrogen-bond donors (Lipinski definition) is 2. The molecule has 2 rings (SSSR count). The van der Waals surface area contributed by atoms with E-state index in [1.807, 2.05) is 0 Å². The van der Waals surface area contributed by atoms with Gasteiger partial charge in [-0.05, 0) is 30.7 Å². The Morgan fingerprint density at radius 2 is 2.17 bits per heavy atom. The number of aryl methyl sites for hydroxylation is 1. The minimum Gasteiger partial charge on any atom is -0.477 e. The van der Waals surface area contributed by atoms with Crippen molar-refractivity contribution in [1.29, 1.82) is 0 Å². The molecule has 5 nitrogen and oxygen atoms in total. The fourth-order valence-electron chi connectivity index (χ4n) is 1.58. The third kappa shape index (κ3) is 2.13. The second-order valence-corrected chi connectivity index (χ2v) is 3.74. The van der Waals surface area contributed by atoms with Gasteiger partial charge in [-0.1, -0.05) is 0 Å². The number of H-pyrrole nitrogens is 1. The van der Waals surface area contributed by atoms with Crippen LogP contribution in [0.15, 0.2) is 29.2 Å². The van der Waals surface area contributed by atoms with Gasteiger partial charge >= 0.3 is 5.97 Å². The van der Waals surface area contributed by atoms with Gasteiger partial charge in [-0.25, -0.2) is 14.2 Å². The van der Waals surface area contributed by atoms with Crippen LogP contribution in [0.3, 0.4) is 0 Å². The van der Waals surface area contributed by atoms with Gasteiger partial charge in [0.05, 0.1) is 0 Å². The molecular weight excluding hydrogens is 239 g/mol. The summed E-state index contributed by atoms with van der Waals surface area (Å²) >= 11 is 0. The van der Waals surface area contributed by atoms with Gasteiger partial charge in [0, 0.05) is 11.8 Å². The molecule has 0 aliphatic carbocycles. The lowest BCUT2D eigenvalue weighted by Gasteiger charge is -2.05. The molecule has 0 aliphatic rings. The highest BCUT2D eigenvalue weighted by atomic mass is 19.1. The van der Waals surface area contributed by atoms with Crippen molar-refractivity contribution in [2.24, 2.45) is 0 Å². The van der Waals surface area contributed by atoms with Crippen LogP contribution >= 0.6 is 0 Å². The van der Waals surface area contributed by atoms with Crippen LogP contribution in [-0.4, -0.2) is 21.0 Å². The summed E-state index contributed by atoms with van der Waals surface area (Å²) in [5.41, 5.74) is -0.0265. The normalized spacial score (nSPS) is 10.3. The topological polar surface area (TPSA) is 83.0 Å². The van der Waals surface area contributed by atoms with Crippen molar-refractivity contribution in [2.45, 2.75) is 6.92 Å². The Kier molecular flexibility index (Phi) is 2.93. The van der Waals surface area contributed by atoms with Crippen molar-refractivity contribution >= 4 is 5.97 Å². The summed E-state index contributed by atoms with van der Waals surface area (Å²) in [5.74, 6) is -1.52. The van der Waals surface area contributed by atoms with E-state index in [1.165, 1.54) is 18.2 Å². The molecule has 0 bridgehead atoms. The number of carboxylic acid groups (broad SMARTS) is 1. The van der Waals surface area contributed by atoms with Crippen LogP contribution in [0.2, 0.25) is 0 Å². The number of rotatable bonds is 2. The Hall–Kier alpha value is -2.50. The molecule has 0 saturated carbocycles. The number of carbonyl (C=O) groups is 1. The summed E-state index contributed by atoms with van der Waals surface area (Å²) in [6, 6.07) is 4.03. The molecule has 1 aromatic carbocycles. The lowest BCUT2D eigenvalue weighted by molar-refractivity contribution is 0.0694. The van der Waals surface area contributed by atoms with Gasteiger partial charge in [-0.2, -0.15) is 0 Å². The Morgan fingerprint density at radius 1 is 1.44 bits per heavy atom. The summed E-state index contributed by atoms with van der Waals surface area (Å²) in [6.07, 6.45) is 0.985. The van der Waals surface area contributed by atoms with E-state index >= 15 is 0 Å². The number of benzene rings is 1. The van der Waals surface area contributed by atoms with E-state index in [4.69, 9.17) is 5.11 Å². The Balaban J connectivity index is 2.56. The highest BCUT2D eigenvalue weighted by Gasteiger charge is 2.11. The van der Waals surface area contributed by atoms with Crippen molar-refractivity contribution in [3.63, 3.8) is 0 Å². The van der Waals surface area contributed by atoms with Crippen molar-refractivity contribution in [3.8, 4) is 11.4 Å². The van der Waals surface area contributed by atoms with Gasteiger partial charge in [0.25, 0.3) is 5.56 Å². The van der Waals surface area contributed by atoms with Crippen molar-refractivity contribution in [3.05, 3.63) is 51.7 Å². The molecule has 2 aromatic rings. The Bertz CT molecular complexity index is 679.